The molecule has 0 spiro atoms. The van der Waals surface area contributed by atoms with Crippen molar-refractivity contribution in [3.63, 3.8) is 0 Å². The lowest BCUT2D eigenvalue weighted by Crippen LogP contribution is -2.44. The van der Waals surface area contributed by atoms with Gasteiger partial charge in [-0.25, -0.2) is 4.79 Å². The lowest BCUT2D eigenvalue weighted by atomic mass is 10.0. The summed E-state index contributed by atoms with van der Waals surface area (Å²) in [6, 6.07) is 19.2. The Balaban J connectivity index is 2.13. The van der Waals surface area contributed by atoms with Crippen LogP contribution >= 0.6 is 0 Å². The van der Waals surface area contributed by atoms with Gasteiger partial charge in [-0.1, -0.05) is 60.7 Å². The average molecular weight is 284 g/mol. The molecular weight excluding hydrogens is 264 g/mol. The second kappa shape index (κ2) is 7.45. The van der Waals surface area contributed by atoms with Crippen LogP contribution in [0.4, 0.5) is 4.79 Å². The van der Waals surface area contributed by atoms with Crippen molar-refractivity contribution in [1.82, 2.24) is 4.90 Å². The molecule has 2 aromatic rings. The molecule has 110 valence electrons. The van der Waals surface area contributed by atoms with Crippen molar-refractivity contribution in [2.75, 3.05) is 6.54 Å². The van der Waals surface area contributed by atoms with Gasteiger partial charge in [0, 0.05) is 13.1 Å². The summed E-state index contributed by atoms with van der Waals surface area (Å²) in [4.78, 5) is 13.0. The normalized spacial score (nSPS) is 11.9. The number of nitrogens with two attached hydrogens (primary N) is 1. The summed E-state index contributed by atoms with van der Waals surface area (Å²) in [6.45, 7) is 0.652. The summed E-state index contributed by atoms with van der Waals surface area (Å²) in [7, 11) is 0. The van der Waals surface area contributed by atoms with E-state index in [9.17, 15) is 9.90 Å². The van der Waals surface area contributed by atoms with Gasteiger partial charge >= 0.3 is 6.09 Å². The second-order valence-electron chi connectivity index (χ2n) is 4.98. The Hall–Kier alpha value is -2.33. The van der Waals surface area contributed by atoms with Gasteiger partial charge < -0.3 is 10.8 Å². The molecule has 21 heavy (non-hydrogen) atoms. The third-order valence-electron chi connectivity index (χ3n) is 3.47. The van der Waals surface area contributed by atoms with Gasteiger partial charge in [0.15, 0.2) is 0 Å². The third-order valence-corrected chi connectivity index (χ3v) is 3.47. The quantitative estimate of drug-likeness (QED) is 0.857. The Bertz CT molecular complexity index is 558. The highest BCUT2D eigenvalue weighted by molar-refractivity contribution is 5.65. The number of amides is 1. The zero-order chi connectivity index (χ0) is 15.1. The molecule has 4 heteroatoms. The van der Waals surface area contributed by atoms with Gasteiger partial charge in [-0.3, -0.25) is 4.90 Å². The first-order chi connectivity index (χ1) is 10.2. The van der Waals surface area contributed by atoms with E-state index in [4.69, 9.17) is 5.73 Å². The van der Waals surface area contributed by atoms with E-state index in [-0.39, 0.29) is 6.04 Å². The van der Waals surface area contributed by atoms with Crippen LogP contribution in [0.3, 0.4) is 0 Å². The summed E-state index contributed by atoms with van der Waals surface area (Å²) < 4.78 is 0. The van der Waals surface area contributed by atoms with Crippen molar-refractivity contribution in [3.05, 3.63) is 71.8 Å². The van der Waals surface area contributed by atoms with Crippen molar-refractivity contribution in [1.29, 1.82) is 0 Å². The van der Waals surface area contributed by atoms with Crippen molar-refractivity contribution >= 4 is 6.09 Å². The maximum absolute atomic E-state index is 11.6. The SMILES string of the molecule is NC[C@H](Cc1ccccc1)N(Cc1ccccc1)C(=O)O. The fourth-order valence-electron chi connectivity index (χ4n) is 2.34. The number of hydrogen-bond acceptors (Lipinski definition) is 2. The maximum atomic E-state index is 11.6. The molecular formula is C17H20N2O2. The first-order valence-corrected chi connectivity index (χ1v) is 6.98. The zero-order valence-electron chi connectivity index (χ0n) is 11.9. The van der Waals surface area contributed by atoms with Crippen molar-refractivity contribution < 1.29 is 9.90 Å². The molecule has 3 N–H and O–H groups in total. The van der Waals surface area contributed by atoms with E-state index in [0.29, 0.717) is 19.5 Å². The third kappa shape index (κ3) is 4.33. The lowest BCUT2D eigenvalue weighted by molar-refractivity contribution is 0.121. The minimum atomic E-state index is -0.940. The van der Waals surface area contributed by atoms with Crippen LogP contribution in [0.2, 0.25) is 0 Å². The van der Waals surface area contributed by atoms with Crippen LogP contribution in [-0.2, 0) is 13.0 Å². The first-order valence-electron chi connectivity index (χ1n) is 6.98. The molecule has 0 radical (unpaired) electrons. The first kappa shape index (κ1) is 15.1. The average Bonchev–Trinajstić information content (AvgIpc) is 2.52. The van der Waals surface area contributed by atoms with Crippen LogP contribution in [0.25, 0.3) is 0 Å². The van der Waals surface area contributed by atoms with Gasteiger partial charge in [0.1, 0.15) is 0 Å². The van der Waals surface area contributed by atoms with Gasteiger partial charge in [-0.2, -0.15) is 0 Å². The van der Waals surface area contributed by atoms with Crippen LogP contribution in [0.1, 0.15) is 11.1 Å². The number of nitrogens with zero attached hydrogens (tertiary/aromatic N) is 1. The fraction of sp³-hybridized carbons (Fsp3) is 0.235. The number of benzene rings is 2. The van der Waals surface area contributed by atoms with Gasteiger partial charge in [0.25, 0.3) is 0 Å². The molecule has 0 aliphatic rings. The van der Waals surface area contributed by atoms with Crippen LogP contribution in [0, 0.1) is 0 Å². The highest BCUT2D eigenvalue weighted by atomic mass is 16.4. The molecule has 0 aliphatic carbocycles. The number of carboxylic acid groups (broad SMARTS) is 1. The number of hydrogen-bond donors (Lipinski definition) is 2. The molecule has 0 bridgehead atoms. The van der Waals surface area contributed by atoms with Gasteiger partial charge in [-0.15, -0.1) is 0 Å². The van der Waals surface area contributed by atoms with Crippen LogP contribution in [0.15, 0.2) is 60.7 Å². The van der Waals surface area contributed by atoms with E-state index in [1.54, 1.807) is 0 Å². The fourth-order valence-corrected chi connectivity index (χ4v) is 2.34. The Morgan fingerprint density at radius 1 is 1.00 bits per heavy atom. The molecule has 0 unspecified atom stereocenters. The van der Waals surface area contributed by atoms with Crippen molar-refractivity contribution in [3.8, 4) is 0 Å². The topological polar surface area (TPSA) is 66.6 Å². The number of rotatable bonds is 6. The summed E-state index contributed by atoms with van der Waals surface area (Å²) in [5.41, 5.74) is 7.86. The molecule has 0 aromatic heterocycles. The monoisotopic (exact) mass is 284 g/mol. The summed E-state index contributed by atoms with van der Waals surface area (Å²) in [5, 5.41) is 9.48. The molecule has 0 saturated heterocycles. The highest BCUT2D eigenvalue weighted by Gasteiger charge is 2.22. The van der Waals surface area contributed by atoms with E-state index in [1.165, 1.54) is 4.90 Å². The van der Waals surface area contributed by atoms with E-state index >= 15 is 0 Å². The van der Waals surface area contributed by atoms with Crippen LogP contribution in [0.5, 0.6) is 0 Å². The minimum absolute atomic E-state index is 0.231. The molecule has 4 nitrogen and oxygen atoms in total. The molecule has 1 atom stereocenters. The summed E-state index contributed by atoms with van der Waals surface area (Å²) in [5.74, 6) is 0. The Kier molecular flexibility index (Phi) is 5.35. The zero-order valence-corrected chi connectivity index (χ0v) is 11.9. The van der Waals surface area contributed by atoms with Gasteiger partial charge in [0.2, 0.25) is 0 Å². The molecule has 2 rings (SSSR count). The molecule has 0 heterocycles. The van der Waals surface area contributed by atoms with Crippen molar-refractivity contribution in [2.45, 2.75) is 19.0 Å². The van der Waals surface area contributed by atoms with E-state index in [1.807, 2.05) is 60.7 Å². The van der Waals surface area contributed by atoms with Gasteiger partial charge in [0.05, 0.1) is 6.04 Å². The van der Waals surface area contributed by atoms with Crippen LogP contribution in [-0.4, -0.2) is 28.7 Å². The largest absolute Gasteiger partial charge is 0.465 e. The van der Waals surface area contributed by atoms with E-state index in [2.05, 4.69) is 0 Å². The van der Waals surface area contributed by atoms with Crippen molar-refractivity contribution in [2.24, 2.45) is 5.73 Å². The Labute approximate surface area is 124 Å². The van der Waals surface area contributed by atoms with E-state index < -0.39 is 6.09 Å². The Morgan fingerprint density at radius 3 is 2.00 bits per heavy atom. The minimum Gasteiger partial charge on any atom is -0.465 e. The maximum Gasteiger partial charge on any atom is 0.407 e. The lowest BCUT2D eigenvalue weighted by Gasteiger charge is -2.28. The molecule has 0 saturated carbocycles. The summed E-state index contributed by atoms with van der Waals surface area (Å²) in [6.07, 6.45) is -0.318. The van der Waals surface area contributed by atoms with Gasteiger partial charge in [-0.05, 0) is 17.5 Å². The standard InChI is InChI=1S/C17H20N2O2/c18-12-16(11-14-7-3-1-4-8-14)19(17(20)21)13-15-9-5-2-6-10-15/h1-10,16H,11-13,18H2,(H,20,21)/t16-/m0/s1. The second-order valence-corrected chi connectivity index (χ2v) is 4.98. The Morgan fingerprint density at radius 2 is 1.52 bits per heavy atom. The highest BCUT2D eigenvalue weighted by Crippen LogP contribution is 2.13. The molecule has 2 aromatic carbocycles. The molecule has 1 amide bonds. The van der Waals surface area contributed by atoms with E-state index in [0.717, 1.165) is 11.1 Å². The smallest absolute Gasteiger partial charge is 0.407 e. The number of carbonyl (C=O) groups is 1. The van der Waals surface area contributed by atoms with Crippen LogP contribution < -0.4 is 5.73 Å². The predicted molar refractivity (Wildman–Crippen MR) is 83.0 cm³/mol. The summed E-state index contributed by atoms with van der Waals surface area (Å²) >= 11 is 0. The molecule has 0 fully saturated rings. The predicted octanol–water partition coefficient (Wildman–Crippen LogP) is 2.74. The molecule has 0 aliphatic heterocycles.